The number of para-hydroxylation sites is 1. The summed E-state index contributed by atoms with van der Waals surface area (Å²) < 4.78 is 0. The van der Waals surface area contributed by atoms with Gasteiger partial charge in [-0.15, -0.1) is 0 Å². The zero-order valence-corrected chi connectivity index (χ0v) is 6.12. The van der Waals surface area contributed by atoms with E-state index < -0.39 is 0 Å². The summed E-state index contributed by atoms with van der Waals surface area (Å²) >= 11 is 0. The van der Waals surface area contributed by atoms with Crippen molar-refractivity contribution < 1.29 is 5.11 Å². The molecular weight excluding hydrogens is 138 g/mol. The summed E-state index contributed by atoms with van der Waals surface area (Å²) in [5.74, 6) is 0.136. The van der Waals surface area contributed by atoms with Crippen molar-refractivity contribution in [1.29, 1.82) is 0 Å². The SMILES string of the molecule is C=Cc1cccc(O)c1N=C. The average Bonchev–Trinajstić information content (AvgIpc) is 2.04. The topological polar surface area (TPSA) is 32.6 Å². The van der Waals surface area contributed by atoms with Crippen LogP contribution in [-0.4, -0.2) is 11.8 Å². The summed E-state index contributed by atoms with van der Waals surface area (Å²) in [6.45, 7) is 6.92. The molecule has 11 heavy (non-hydrogen) atoms. The minimum Gasteiger partial charge on any atom is -0.506 e. The third kappa shape index (κ3) is 1.29. The van der Waals surface area contributed by atoms with Gasteiger partial charge in [0.1, 0.15) is 11.4 Å². The molecule has 0 radical (unpaired) electrons. The van der Waals surface area contributed by atoms with E-state index in [-0.39, 0.29) is 5.75 Å². The highest BCUT2D eigenvalue weighted by atomic mass is 16.3. The maximum absolute atomic E-state index is 9.24. The third-order valence-corrected chi connectivity index (χ3v) is 1.42. The van der Waals surface area contributed by atoms with Gasteiger partial charge in [0.05, 0.1) is 0 Å². The molecular formula is C9H9NO. The van der Waals surface area contributed by atoms with Crippen LogP contribution in [0.25, 0.3) is 6.08 Å². The molecule has 1 aromatic carbocycles. The molecule has 0 heterocycles. The van der Waals surface area contributed by atoms with Gasteiger partial charge in [-0.1, -0.05) is 24.8 Å². The first-order valence-corrected chi connectivity index (χ1v) is 3.20. The number of rotatable bonds is 2. The molecule has 1 rings (SSSR count). The molecule has 0 saturated heterocycles. The van der Waals surface area contributed by atoms with E-state index in [9.17, 15) is 5.11 Å². The highest BCUT2D eigenvalue weighted by molar-refractivity contribution is 5.70. The average molecular weight is 147 g/mol. The molecule has 1 N–H and O–H groups in total. The van der Waals surface area contributed by atoms with E-state index in [2.05, 4.69) is 18.3 Å². The van der Waals surface area contributed by atoms with Crippen LogP contribution >= 0.6 is 0 Å². The van der Waals surface area contributed by atoms with Crippen molar-refractivity contribution in [2.45, 2.75) is 0 Å². The largest absolute Gasteiger partial charge is 0.506 e. The summed E-state index contributed by atoms with van der Waals surface area (Å²) in [5.41, 5.74) is 1.28. The number of benzene rings is 1. The quantitative estimate of drug-likeness (QED) is 0.640. The van der Waals surface area contributed by atoms with Crippen molar-refractivity contribution in [3.63, 3.8) is 0 Å². The van der Waals surface area contributed by atoms with Crippen LogP contribution < -0.4 is 0 Å². The van der Waals surface area contributed by atoms with Crippen LogP contribution in [-0.2, 0) is 0 Å². The second kappa shape index (κ2) is 3.01. The Bertz CT molecular complexity index is 292. The lowest BCUT2D eigenvalue weighted by molar-refractivity contribution is 0.477. The lowest BCUT2D eigenvalue weighted by Gasteiger charge is -2.00. The number of phenolic OH excluding ortho intramolecular Hbond substituents is 1. The predicted octanol–water partition coefficient (Wildman–Crippen LogP) is 2.37. The normalized spacial score (nSPS) is 9.09. The third-order valence-electron chi connectivity index (χ3n) is 1.42. The van der Waals surface area contributed by atoms with E-state index in [1.807, 2.05) is 6.07 Å². The van der Waals surface area contributed by atoms with E-state index in [0.29, 0.717) is 5.69 Å². The fourth-order valence-electron chi connectivity index (χ4n) is 0.886. The van der Waals surface area contributed by atoms with Crippen molar-refractivity contribution in [3.8, 4) is 5.75 Å². The Morgan fingerprint density at radius 1 is 1.45 bits per heavy atom. The van der Waals surface area contributed by atoms with Gasteiger partial charge in [0, 0.05) is 5.56 Å². The van der Waals surface area contributed by atoms with Crippen LogP contribution in [0.15, 0.2) is 29.8 Å². The fourth-order valence-corrected chi connectivity index (χ4v) is 0.886. The van der Waals surface area contributed by atoms with Gasteiger partial charge < -0.3 is 5.11 Å². The zero-order chi connectivity index (χ0) is 8.27. The minimum atomic E-state index is 0.136. The summed E-state index contributed by atoms with van der Waals surface area (Å²) in [7, 11) is 0. The van der Waals surface area contributed by atoms with Crippen molar-refractivity contribution >= 4 is 18.5 Å². The fraction of sp³-hybridized carbons (Fsp3) is 0. The molecule has 0 spiro atoms. The number of hydrogen-bond donors (Lipinski definition) is 1. The summed E-state index contributed by atoms with van der Waals surface area (Å²) in [6.07, 6.45) is 1.63. The van der Waals surface area contributed by atoms with Gasteiger partial charge in [-0.25, -0.2) is 0 Å². The Hall–Kier alpha value is -1.57. The molecule has 0 fully saturated rings. The van der Waals surface area contributed by atoms with Crippen LogP contribution in [0.4, 0.5) is 5.69 Å². The Balaban J connectivity index is 3.35. The van der Waals surface area contributed by atoms with Crippen LogP contribution in [0.3, 0.4) is 0 Å². The molecule has 0 amide bonds. The zero-order valence-electron chi connectivity index (χ0n) is 6.12. The number of aliphatic imine (C=N–C) groups is 1. The molecule has 0 aliphatic rings. The highest BCUT2D eigenvalue weighted by Crippen LogP contribution is 2.29. The van der Waals surface area contributed by atoms with E-state index in [1.54, 1.807) is 18.2 Å². The number of aromatic hydroxyl groups is 1. The van der Waals surface area contributed by atoms with E-state index in [4.69, 9.17) is 0 Å². The van der Waals surface area contributed by atoms with Crippen LogP contribution in [0, 0.1) is 0 Å². The van der Waals surface area contributed by atoms with Gasteiger partial charge >= 0.3 is 0 Å². The lowest BCUT2D eigenvalue weighted by atomic mass is 10.1. The molecule has 0 unspecified atom stereocenters. The smallest absolute Gasteiger partial charge is 0.141 e. The Morgan fingerprint density at radius 2 is 2.18 bits per heavy atom. The van der Waals surface area contributed by atoms with Crippen molar-refractivity contribution in [2.24, 2.45) is 4.99 Å². The van der Waals surface area contributed by atoms with Gasteiger partial charge in [0.25, 0.3) is 0 Å². The first kappa shape index (κ1) is 7.54. The van der Waals surface area contributed by atoms with Crippen molar-refractivity contribution in [2.75, 3.05) is 0 Å². The first-order chi connectivity index (χ1) is 5.29. The van der Waals surface area contributed by atoms with Gasteiger partial charge in [-0.3, -0.25) is 4.99 Å². The molecule has 56 valence electrons. The molecule has 0 atom stereocenters. The van der Waals surface area contributed by atoms with Crippen LogP contribution in [0.2, 0.25) is 0 Å². The molecule has 2 nitrogen and oxygen atoms in total. The standard InChI is InChI=1S/C9H9NO/c1-3-7-5-4-6-8(11)9(7)10-2/h3-6,11H,1-2H2. The predicted molar refractivity (Wildman–Crippen MR) is 47.4 cm³/mol. The number of nitrogens with zero attached hydrogens (tertiary/aromatic N) is 1. The lowest BCUT2D eigenvalue weighted by Crippen LogP contribution is -1.73. The second-order valence-electron chi connectivity index (χ2n) is 2.08. The Labute approximate surface area is 65.5 Å². The Morgan fingerprint density at radius 3 is 2.64 bits per heavy atom. The summed E-state index contributed by atoms with van der Waals surface area (Å²) in [6, 6.07) is 5.12. The molecule has 0 aliphatic carbocycles. The van der Waals surface area contributed by atoms with E-state index >= 15 is 0 Å². The molecule has 2 heteroatoms. The van der Waals surface area contributed by atoms with Crippen molar-refractivity contribution in [3.05, 3.63) is 30.3 Å². The Kier molecular flexibility index (Phi) is 2.06. The summed E-state index contributed by atoms with van der Waals surface area (Å²) in [4.78, 5) is 3.67. The maximum atomic E-state index is 9.24. The highest BCUT2D eigenvalue weighted by Gasteiger charge is 2.00. The maximum Gasteiger partial charge on any atom is 0.141 e. The minimum absolute atomic E-state index is 0.136. The first-order valence-electron chi connectivity index (χ1n) is 3.20. The molecule has 1 aromatic rings. The molecule has 0 saturated carbocycles. The van der Waals surface area contributed by atoms with Crippen LogP contribution in [0.1, 0.15) is 5.56 Å². The van der Waals surface area contributed by atoms with Crippen molar-refractivity contribution in [1.82, 2.24) is 0 Å². The van der Waals surface area contributed by atoms with Gasteiger partial charge in [-0.2, -0.15) is 0 Å². The summed E-state index contributed by atoms with van der Waals surface area (Å²) in [5, 5.41) is 9.24. The van der Waals surface area contributed by atoms with E-state index in [1.165, 1.54) is 0 Å². The monoisotopic (exact) mass is 147 g/mol. The van der Waals surface area contributed by atoms with Gasteiger partial charge in [0.2, 0.25) is 0 Å². The van der Waals surface area contributed by atoms with Gasteiger partial charge in [-0.05, 0) is 12.8 Å². The van der Waals surface area contributed by atoms with E-state index in [0.717, 1.165) is 5.56 Å². The van der Waals surface area contributed by atoms with Gasteiger partial charge in [0.15, 0.2) is 0 Å². The molecule has 0 aliphatic heterocycles. The van der Waals surface area contributed by atoms with Crippen LogP contribution in [0.5, 0.6) is 5.75 Å². The molecule has 0 aromatic heterocycles. The number of hydrogen-bond acceptors (Lipinski definition) is 2. The molecule has 0 bridgehead atoms. The second-order valence-corrected chi connectivity index (χ2v) is 2.08. The number of phenols is 1.